The lowest BCUT2D eigenvalue weighted by molar-refractivity contribution is 0.143. The summed E-state index contributed by atoms with van der Waals surface area (Å²) in [6, 6.07) is 1.32. The van der Waals surface area contributed by atoms with Gasteiger partial charge in [0.25, 0.3) is 0 Å². The number of hydrogen-bond acceptors (Lipinski definition) is 5. The lowest BCUT2D eigenvalue weighted by Crippen LogP contribution is -2.43. The molecule has 0 spiro atoms. The van der Waals surface area contributed by atoms with E-state index in [2.05, 4.69) is 28.6 Å². The summed E-state index contributed by atoms with van der Waals surface area (Å²) in [4.78, 5) is 6.08. The molecule has 1 aromatic heterocycles. The normalized spacial score (nSPS) is 19.6. The fraction of sp³-hybridized carbons (Fsp3) is 0.615. The van der Waals surface area contributed by atoms with Crippen molar-refractivity contribution in [2.45, 2.75) is 24.7 Å². The van der Waals surface area contributed by atoms with Crippen LogP contribution in [0.4, 0.5) is 5.82 Å². The molecule has 118 valence electrons. The second kappa shape index (κ2) is 6.08. The Balaban J connectivity index is 2.06. The quantitative estimate of drug-likeness (QED) is 0.868. The first kappa shape index (κ1) is 16.5. The van der Waals surface area contributed by atoms with Crippen molar-refractivity contribution in [3.05, 3.63) is 17.3 Å². The second-order valence-electron chi connectivity index (χ2n) is 5.98. The molecule has 6 nitrogen and oxygen atoms in total. The van der Waals surface area contributed by atoms with E-state index in [1.165, 1.54) is 12.3 Å². The molecule has 8 heteroatoms. The highest BCUT2D eigenvalue weighted by atomic mass is 35.5. The molecular formula is C13H21ClN4O2S. The van der Waals surface area contributed by atoms with Gasteiger partial charge < -0.3 is 10.6 Å². The van der Waals surface area contributed by atoms with Gasteiger partial charge in [0.05, 0.1) is 5.02 Å². The maximum atomic E-state index is 12.3. The topological polar surface area (TPSA) is 88.3 Å². The van der Waals surface area contributed by atoms with Crippen LogP contribution in [0.25, 0.3) is 0 Å². The highest BCUT2D eigenvalue weighted by molar-refractivity contribution is 7.89. The van der Waals surface area contributed by atoms with Gasteiger partial charge in [-0.25, -0.2) is 18.1 Å². The molecule has 1 saturated heterocycles. The van der Waals surface area contributed by atoms with Crippen molar-refractivity contribution in [2.75, 3.05) is 32.4 Å². The Morgan fingerprint density at radius 3 is 2.67 bits per heavy atom. The van der Waals surface area contributed by atoms with E-state index in [0.29, 0.717) is 6.54 Å². The zero-order valence-corrected chi connectivity index (χ0v) is 13.8. The number of likely N-dealkylation sites (tertiary alicyclic amines) is 1. The summed E-state index contributed by atoms with van der Waals surface area (Å²) >= 11 is 5.83. The summed E-state index contributed by atoms with van der Waals surface area (Å²) in [5.41, 5.74) is 5.47. The largest absolute Gasteiger partial charge is 0.382 e. The summed E-state index contributed by atoms with van der Waals surface area (Å²) in [5, 5.41) is 0.142. The highest BCUT2D eigenvalue weighted by Gasteiger charge is 2.30. The van der Waals surface area contributed by atoms with Crippen LogP contribution in [0.3, 0.4) is 0 Å². The molecule has 0 unspecified atom stereocenters. The maximum absolute atomic E-state index is 12.3. The fourth-order valence-electron chi connectivity index (χ4n) is 2.27. The maximum Gasteiger partial charge on any atom is 0.242 e. The Morgan fingerprint density at radius 2 is 2.10 bits per heavy atom. The van der Waals surface area contributed by atoms with Crippen LogP contribution >= 0.6 is 11.6 Å². The van der Waals surface area contributed by atoms with Crippen molar-refractivity contribution in [1.29, 1.82) is 0 Å². The predicted octanol–water partition coefficient (Wildman–Crippen LogP) is 1.33. The lowest BCUT2D eigenvalue weighted by atomic mass is 9.81. The van der Waals surface area contributed by atoms with E-state index >= 15 is 0 Å². The van der Waals surface area contributed by atoms with Crippen molar-refractivity contribution in [1.82, 2.24) is 14.6 Å². The first-order chi connectivity index (χ1) is 9.72. The Morgan fingerprint density at radius 1 is 1.48 bits per heavy atom. The molecule has 1 aromatic rings. The number of nitrogens with one attached hydrogen (secondary N) is 1. The van der Waals surface area contributed by atoms with E-state index in [9.17, 15) is 8.42 Å². The molecule has 2 rings (SSSR count). The van der Waals surface area contributed by atoms with Crippen molar-refractivity contribution in [3.63, 3.8) is 0 Å². The van der Waals surface area contributed by atoms with Gasteiger partial charge in [0.2, 0.25) is 10.0 Å². The molecule has 0 amide bonds. The number of sulfonamides is 1. The van der Waals surface area contributed by atoms with Gasteiger partial charge in [-0.2, -0.15) is 0 Å². The van der Waals surface area contributed by atoms with Crippen LogP contribution in [-0.4, -0.2) is 45.0 Å². The van der Waals surface area contributed by atoms with Gasteiger partial charge in [-0.1, -0.05) is 18.5 Å². The number of rotatable bonds is 4. The Kier molecular flexibility index (Phi) is 4.77. The number of nitrogen functional groups attached to an aromatic ring is 1. The van der Waals surface area contributed by atoms with Crippen molar-refractivity contribution in [3.8, 4) is 0 Å². The molecule has 3 N–H and O–H groups in total. The van der Waals surface area contributed by atoms with Gasteiger partial charge in [0.15, 0.2) is 0 Å². The molecule has 0 bridgehead atoms. The van der Waals surface area contributed by atoms with Gasteiger partial charge >= 0.3 is 0 Å². The smallest absolute Gasteiger partial charge is 0.242 e. The van der Waals surface area contributed by atoms with Crippen LogP contribution in [0.15, 0.2) is 17.2 Å². The zero-order chi connectivity index (χ0) is 15.7. The van der Waals surface area contributed by atoms with Crippen LogP contribution in [0.2, 0.25) is 5.02 Å². The third-order valence-electron chi connectivity index (χ3n) is 4.04. The molecule has 0 atom stereocenters. The van der Waals surface area contributed by atoms with E-state index < -0.39 is 10.0 Å². The van der Waals surface area contributed by atoms with Crippen molar-refractivity contribution in [2.24, 2.45) is 5.41 Å². The lowest BCUT2D eigenvalue weighted by Gasteiger charge is -2.37. The van der Waals surface area contributed by atoms with Crippen LogP contribution < -0.4 is 10.5 Å². The van der Waals surface area contributed by atoms with E-state index in [4.69, 9.17) is 17.3 Å². The summed E-state index contributed by atoms with van der Waals surface area (Å²) in [6.07, 6.45) is 3.15. The number of aromatic nitrogens is 1. The number of piperidine rings is 1. The van der Waals surface area contributed by atoms with Crippen LogP contribution in [0, 0.1) is 5.41 Å². The second-order valence-corrected chi connectivity index (χ2v) is 8.15. The summed E-state index contributed by atoms with van der Waals surface area (Å²) in [6.45, 7) is 4.48. The standard InChI is InChI=1S/C13H21ClN4O2S/c1-13(3-5-18(2)6-4-13)9-17-21(19,20)10-7-11(14)12(15)16-8-10/h7-8,17H,3-6,9H2,1-2H3,(H2,15,16). The molecule has 0 radical (unpaired) electrons. The molecule has 0 aliphatic carbocycles. The summed E-state index contributed by atoms with van der Waals surface area (Å²) < 4.78 is 27.2. The van der Waals surface area contributed by atoms with Crippen LogP contribution in [0.1, 0.15) is 19.8 Å². The Hall–Kier alpha value is -0.890. The Labute approximate surface area is 130 Å². The van der Waals surface area contributed by atoms with E-state index in [0.717, 1.165) is 25.9 Å². The summed E-state index contributed by atoms with van der Waals surface area (Å²) in [5.74, 6) is 0.123. The third-order valence-corrected chi connectivity index (χ3v) is 5.71. The van der Waals surface area contributed by atoms with Gasteiger partial charge in [-0.05, 0) is 44.5 Å². The minimum absolute atomic E-state index is 0.0232. The number of nitrogens with zero attached hydrogens (tertiary/aromatic N) is 2. The molecule has 0 saturated carbocycles. The van der Waals surface area contributed by atoms with Crippen LogP contribution in [-0.2, 0) is 10.0 Å². The fourth-order valence-corrected chi connectivity index (χ4v) is 3.67. The number of halogens is 1. The van der Waals surface area contributed by atoms with Gasteiger partial charge in [0, 0.05) is 12.7 Å². The number of anilines is 1. The van der Waals surface area contributed by atoms with Gasteiger partial charge in [0.1, 0.15) is 10.7 Å². The van der Waals surface area contributed by atoms with E-state index in [1.54, 1.807) is 0 Å². The molecular weight excluding hydrogens is 312 g/mol. The molecule has 21 heavy (non-hydrogen) atoms. The molecule has 0 aromatic carbocycles. The minimum atomic E-state index is -3.62. The summed E-state index contributed by atoms with van der Waals surface area (Å²) in [7, 11) is -1.54. The Bertz CT molecular complexity index is 613. The number of pyridine rings is 1. The molecule has 2 heterocycles. The molecule has 1 fully saturated rings. The van der Waals surface area contributed by atoms with Crippen molar-refractivity contribution < 1.29 is 8.42 Å². The first-order valence-corrected chi connectivity index (χ1v) is 8.67. The average Bonchev–Trinajstić information content (AvgIpc) is 2.43. The highest BCUT2D eigenvalue weighted by Crippen LogP contribution is 2.30. The third kappa shape index (κ3) is 4.06. The molecule has 1 aliphatic rings. The average molecular weight is 333 g/mol. The van der Waals surface area contributed by atoms with E-state index in [-0.39, 0.29) is 21.2 Å². The molecule has 1 aliphatic heterocycles. The van der Waals surface area contributed by atoms with Gasteiger partial charge in [-0.15, -0.1) is 0 Å². The predicted molar refractivity (Wildman–Crippen MR) is 83.7 cm³/mol. The number of hydrogen-bond donors (Lipinski definition) is 2. The first-order valence-electron chi connectivity index (χ1n) is 6.81. The van der Waals surface area contributed by atoms with Gasteiger partial charge in [-0.3, -0.25) is 0 Å². The minimum Gasteiger partial charge on any atom is -0.382 e. The zero-order valence-electron chi connectivity index (χ0n) is 12.3. The van der Waals surface area contributed by atoms with Crippen LogP contribution in [0.5, 0.6) is 0 Å². The van der Waals surface area contributed by atoms with E-state index in [1.807, 2.05) is 0 Å². The van der Waals surface area contributed by atoms with Crippen molar-refractivity contribution >= 4 is 27.4 Å². The number of nitrogens with two attached hydrogens (primary N) is 1. The monoisotopic (exact) mass is 332 g/mol. The SMILES string of the molecule is CN1CCC(C)(CNS(=O)(=O)c2cnc(N)c(Cl)c2)CC1.